The third-order valence-electron chi connectivity index (χ3n) is 4.48. The minimum atomic E-state index is 0.552. The summed E-state index contributed by atoms with van der Waals surface area (Å²) in [5, 5.41) is 15.1. The van der Waals surface area contributed by atoms with Gasteiger partial charge in [-0.05, 0) is 44.7 Å². The third kappa shape index (κ3) is 3.53. The number of rotatable bonds is 4. The lowest BCUT2D eigenvalue weighted by Gasteiger charge is -2.32. The van der Waals surface area contributed by atoms with E-state index >= 15 is 0 Å². The Hall–Kier alpha value is -2.35. The minimum absolute atomic E-state index is 0.552. The standard InChI is InChI=1S/C17H21N7S/c1-12-19-13(2)24(22-12)11-14-6-5-9-23(10-14)17-21-20-16(25-17)15-7-3-4-8-18-15/h3-4,7-8,14H,5-6,9-11H2,1-2H3. The molecule has 4 heterocycles. The van der Waals surface area contributed by atoms with Crippen LogP contribution in [0.3, 0.4) is 0 Å². The second kappa shape index (κ2) is 6.87. The van der Waals surface area contributed by atoms with Gasteiger partial charge in [-0.25, -0.2) is 9.67 Å². The summed E-state index contributed by atoms with van der Waals surface area (Å²) in [4.78, 5) is 11.1. The van der Waals surface area contributed by atoms with Crippen molar-refractivity contribution in [2.45, 2.75) is 33.2 Å². The van der Waals surface area contributed by atoms with Crippen LogP contribution in [0.4, 0.5) is 5.13 Å². The van der Waals surface area contributed by atoms with E-state index in [-0.39, 0.29) is 0 Å². The Bertz CT molecular complexity index is 842. The quantitative estimate of drug-likeness (QED) is 0.716. The molecule has 0 bridgehead atoms. The van der Waals surface area contributed by atoms with Crippen molar-refractivity contribution in [1.82, 2.24) is 29.9 Å². The Morgan fingerprint density at radius 2 is 2.16 bits per heavy atom. The second-order valence-corrected chi connectivity index (χ2v) is 7.40. The van der Waals surface area contributed by atoms with Crippen molar-refractivity contribution in [3.05, 3.63) is 36.0 Å². The molecule has 0 aromatic carbocycles. The van der Waals surface area contributed by atoms with Crippen LogP contribution in [0.5, 0.6) is 0 Å². The molecule has 130 valence electrons. The van der Waals surface area contributed by atoms with Gasteiger partial charge in [0.2, 0.25) is 5.13 Å². The molecular formula is C17H21N7S. The van der Waals surface area contributed by atoms with Crippen molar-refractivity contribution in [2.24, 2.45) is 5.92 Å². The Balaban J connectivity index is 1.46. The Morgan fingerprint density at radius 3 is 2.92 bits per heavy atom. The Morgan fingerprint density at radius 1 is 1.24 bits per heavy atom. The zero-order valence-electron chi connectivity index (χ0n) is 14.5. The van der Waals surface area contributed by atoms with Gasteiger partial charge in [-0.2, -0.15) is 5.10 Å². The molecule has 0 radical (unpaired) electrons. The van der Waals surface area contributed by atoms with Gasteiger partial charge in [-0.3, -0.25) is 4.98 Å². The lowest BCUT2D eigenvalue weighted by Crippen LogP contribution is -2.37. The zero-order chi connectivity index (χ0) is 17.2. The molecule has 0 saturated carbocycles. The maximum absolute atomic E-state index is 4.50. The first kappa shape index (κ1) is 16.1. The van der Waals surface area contributed by atoms with Crippen molar-refractivity contribution >= 4 is 16.5 Å². The summed E-state index contributed by atoms with van der Waals surface area (Å²) in [5.74, 6) is 2.38. The Labute approximate surface area is 150 Å². The summed E-state index contributed by atoms with van der Waals surface area (Å²) in [5.41, 5.74) is 0.883. The second-order valence-electron chi connectivity index (χ2n) is 6.45. The average molecular weight is 355 g/mol. The molecule has 8 heteroatoms. The number of aryl methyl sites for hydroxylation is 2. The summed E-state index contributed by atoms with van der Waals surface area (Å²) in [6.07, 6.45) is 4.16. The van der Waals surface area contributed by atoms with Gasteiger partial charge in [0.15, 0.2) is 5.01 Å². The maximum atomic E-state index is 4.50. The van der Waals surface area contributed by atoms with Crippen LogP contribution in [0.2, 0.25) is 0 Å². The van der Waals surface area contributed by atoms with E-state index in [4.69, 9.17) is 0 Å². The topological polar surface area (TPSA) is 72.6 Å². The average Bonchev–Trinajstić information content (AvgIpc) is 3.23. The van der Waals surface area contributed by atoms with Crippen LogP contribution < -0.4 is 4.90 Å². The van der Waals surface area contributed by atoms with Crippen molar-refractivity contribution in [2.75, 3.05) is 18.0 Å². The highest BCUT2D eigenvalue weighted by molar-refractivity contribution is 7.18. The number of anilines is 1. The number of hydrogen-bond donors (Lipinski definition) is 0. The minimum Gasteiger partial charge on any atom is -0.346 e. The van der Waals surface area contributed by atoms with Crippen molar-refractivity contribution in [3.63, 3.8) is 0 Å². The molecule has 1 saturated heterocycles. The van der Waals surface area contributed by atoms with E-state index in [2.05, 4.69) is 30.2 Å². The SMILES string of the molecule is Cc1nc(C)n(CC2CCCN(c3nnc(-c4ccccn4)s3)C2)n1. The number of nitrogens with zero attached hydrogens (tertiary/aromatic N) is 7. The molecule has 7 nitrogen and oxygen atoms in total. The van der Waals surface area contributed by atoms with E-state index in [0.29, 0.717) is 5.92 Å². The van der Waals surface area contributed by atoms with Crippen LogP contribution in [0.15, 0.2) is 24.4 Å². The third-order valence-corrected chi connectivity index (χ3v) is 5.49. The van der Waals surface area contributed by atoms with E-state index < -0.39 is 0 Å². The predicted molar refractivity (Wildman–Crippen MR) is 97.6 cm³/mol. The largest absolute Gasteiger partial charge is 0.346 e. The smallest absolute Gasteiger partial charge is 0.208 e. The summed E-state index contributed by atoms with van der Waals surface area (Å²) in [6.45, 7) is 6.88. The van der Waals surface area contributed by atoms with Gasteiger partial charge in [-0.1, -0.05) is 17.4 Å². The van der Waals surface area contributed by atoms with Gasteiger partial charge in [0, 0.05) is 25.8 Å². The fraction of sp³-hybridized carbons (Fsp3) is 0.471. The number of aromatic nitrogens is 6. The van der Waals surface area contributed by atoms with Crippen LogP contribution in [-0.2, 0) is 6.54 Å². The fourth-order valence-corrected chi connectivity index (χ4v) is 4.16. The summed E-state index contributed by atoms with van der Waals surface area (Å²) >= 11 is 1.61. The van der Waals surface area contributed by atoms with E-state index in [1.807, 2.05) is 36.7 Å². The highest BCUT2D eigenvalue weighted by Crippen LogP contribution is 2.30. The first-order valence-corrected chi connectivity index (χ1v) is 9.38. The van der Waals surface area contributed by atoms with E-state index in [9.17, 15) is 0 Å². The van der Waals surface area contributed by atoms with Crippen LogP contribution in [-0.4, -0.2) is 43.0 Å². The number of pyridine rings is 1. The van der Waals surface area contributed by atoms with Crippen molar-refractivity contribution in [3.8, 4) is 10.7 Å². The molecule has 1 unspecified atom stereocenters. The lowest BCUT2D eigenvalue weighted by molar-refractivity contribution is 0.347. The molecule has 3 aromatic rings. The van der Waals surface area contributed by atoms with Crippen molar-refractivity contribution < 1.29 is 0 Å². The van der Waals surface area contributed by atoms with Gasteiger partial charge in [0.25, 0.3) is 0 Å². The van der Waals surface area contributed by atoms with Crippen LogP contribution in [0, 0.1) is 19.8 Å². The molecular weight excluding hydrogens is 334 g/mol. The molecule has 3 aromatic heterocycles. The van der Waals surface area contributed by atoms with E-state index in [1.54, 1.807) is 17.5 Å². The maximum Gasteiger partial charge on any atom is 0.208 e. The predicted octanol–water partition coefficient (Wildman–Crippen LogP) is 2.73. The van der Waals surface area contributed by atoms with E-state index in [1.165, 1.54) is 6.42 Å². The summed E-state index contributed by atoms with van der Waals surface area (Å²) in [7, 11) is 0. The van der Waals surface area contributed by atoms with Crippen LogP contribution in [0.1, 0.15) is 24.5 Å². The van der Waals surface area contributed by atoms with Crippen molar-refractivity contribution in [1.29, 1.82) is 0 Å². The monoisotopic (exact) mass is 355 g/mol. The molecule has 0 amide bonds. The molecule has 25 heavy (non-hydrogen) atoms. The normalized spacial score (nSPS) is 17.8. The first-order valence-electron chi connectivity index (χ1n) is 8.57. The fourth-order valence-electron chi connectivity index (χ4n) is 3.30. The molecule has 1 aliphatic heterocycles. The number of hydrogen-bond acceptors (Lipinski definition) is 7. The Kier molecular flexibility index (Phi) is 4.44. The highest BCUT2D eigenvalue weighted by atomic mass is 32.1. The van der Waals surface area contributed by atoms with Gasteiger partial charge in [0.05, 0.1) is 0 Å². The highest BCUT2D eigenvalue weighted by Gasteiger charge is 2.24. The molecule has 1 aliphatic rings. The molecule has 1 atom stereocenters. The molecule has 0 spiro atoms. The summed E-state index contributed by atoms with van der Waals surface area (Å²) < 4.78 is 2.03. The number of piperidine rings is 1. The van der Waals surface area contributed by atoms with Gasteiger partial charge in [0.1, 0.15) is 17.3 Å². The first-order chi connectivity index (χ1) is 12.2. The molecule has 0 aliphatic carbocycles. The molecule has 0 N–H and O–H groups in total. The molecule has 1 fully saturated rings. The summed E-state index contributed by atoms with van der Waals surface area (Å²) in [6, 6.07) is 5.86. The van der Waals surface area contributed by atoms with E-state index in [0.717, 1.165) is 53.5 Å². The van der Waals surface area contributed by atoms with Gasteiger partial charge >= 0.3 is 0 Å². The zero-order valence-corrected chi connectivity index (χ0v) is 15.3. The van der Waals surface area contributed by atoms with Crippen LogP contribution in [0.25, 0.3) is 10.7 Å². The van der Waals surface area contributed by atoms with Gasteiger partial charge < -0.3 is 4.90 Å². The lowest BCUT2D eigenvalue weighted by atomic mass is 9.98. The molecule has 4 rings (SSSR count). The van der Waals surface area contributed by atoms with Gasteiger partial charge in [-0.15, -0.1) is 10.2 Å². The van der Waals surface area contributed by atoms with Crippen LogP contribution >= 0.6 is 11.3 Å².